The fraction of sp³-hybridized carbons (Fsp3) is 0.375. The van der Waals surface area contributed by atoms with Gasteiger partial charge in [-0.25, -0.2) is 0 Å². The molecule has 3 amide bonds. The van der Waals surface area contributed by atoms with Gasteiger partial charge in [0.15, 0.2) is 0 Å². The molecule has 0 unspecified atom stereocenters. The van der Waals surface area contributed by atoms with E-state index in [1.807, 2.05) is 41.3 Å². The van der Waals surface area contributed by atoms with Crippen molar-refractivity contribution in [3.05, 3.63) is 59.7 Å². The van der Waals surface area contributed by atoms with Crippen LogP contribution in [0.25, 0.3) is 0 Å². The topological polar surface area (TPSA) is 81.8 Å². The van der Waals surface area contributed by atoms with Crippen molar-refractivity contribution < 1.29 is 14.4 Å². The van der Waals surface area contributed by atoms with Crippen molar-refractivity contribution in [2.45, 2.75) is 25.7 Å². The molecule has 0 bridgehead atoms. The van der Waals surface area contributed by atoms with Crippen molar-refractivity contribution >= 4 is 29.1 Å². The van der Waals surface area contributed by atoms with Crippen molar-refractivity contribution in [2.24, 2.45) is 0 Å². The van der Waals surface area contributed by atoms with Gasteiger partial charge in [0.25, 0.3) is 5.91 Å². The van der Waals surface area contributed by atoms with E-state index in [0.29, 0.717) is 24.1 Å². The Balaban J connectivity index is 1.47. The quantitative estimate of drug-likeness (QED) is 0.685. The predicted octanol–water partition coefficient (Wildman–Crippen LogP) is 2.99. The van der Waals surface area contributed by atoms with Crippen molar-refractivity contribution in [1.82, 2.24) is 9.80 Å². The first-order valence-corrected chi connectivity index (χ1v) is 10.6. The van der Waals surface area contributed by atoms with E-state index >= 15 is 0 Å². The highest BCUT2D eigenvalue weighted by Gasteiger charge is 2.19. The number of hydrogen-bond donors (Lipinski definition) is 2. The van der Waals surface area contributed by atoms with Gasteiger partial charge in [-0.2, -0.15) is 0 Å². The Morgan fingerprint density at radius 2 is 1.68 bits per heavy atom. The Morgan fingerprint density at radius 1 is 0.968 bits per heavy atom. The van der Waals surface area contributed by atoms with Gasteiger partial charge < -0.3 is 20.4 Å². The third-order valence-corrected chi connectivity index (χ3v) is 5.32. The molecule has 0 aliphatic carbocycles. The fourth-order valence-corrected chi connectivity index (χ4v) is 3.50. The van der Waals surface area contributed by atoms with E-state index in [4.69, 9.17) is 0 Å². The molecule has 0 saturated carbocycles. The molecule has 3 rings (SSSR count). The van der Waals surface area contributed by atoms with Crippen LogP contribution in [0.3, 0.4) is 0 Å². The van der Waals surface area contributed by atoms with Crippen molar-refractivity contribution in [2.75, 3.05) is 44.4 Å². The molecule has 164 valence electrons. The van der Waals surface area contributed by atoms with Crippen LogP contribution in [0.5, 0.6) is 0 Å². The number of anilines is 2. The van der Waals surface area contributed by atoms with E-state index in [2.05, 4.69) is 10.6 Å². The number of amides is 3. The first kappa shape index (κ1) is 22.3. The number of nitrogens with one attached hydrogen (secondary N) is 2. The number of nitrogens with zero attached hydrogens (tertiary/aromatic N) is 2. The average molecular weight is 423 g/mol. The van der Waals surface area contributed by atoms with Gasteiger partial charge >= 0.3 is 0 Å². The van der Waals surface area contributed by atoms with Crippen LogP contribution in [0.2, 0.25) is 0 Å². The Labute approximate surface area is 183 Å². The predicted molar refractivity (Wildman–Crippen MR) is 122 cm³/mol. The van der Waals surface area contributed by atoms with Crippen molar-refractivity contribution in [3.63, 3.8) is 0 Å². The van der Waals surface area contributed by atoms with E-state index in [1.54, 1.807) is 31.1 Å². The number of benzene rings is 2. The van der Waals surface area contributed by atoms with Gasteiger partial charge in [-0.1, -0.05) is 12.1 Å². The van der Waals surface area contributed by atoms with Crippen LogP contribution in [0.15, 0.2) is 48.5 Å². The molecule has 1 saturated heterocycles. The molecule has 1 fully saturated rings. The summed E-state index contributed by atoms with van der Waals surface area (Å²) in [6.45, 7) is 1.76. The summed E-state index contributed by atoms with van der Waals surface area (Å²) in [5.41, 5.74) is 3.15. The number of aryl methyl sites for hydroxylation is 1. The summed E-state index contributed by atoms with van der Waals surface area (Å²) in [5.74, 6) is -0.0283. The summed E-state index contributed by atoms with van der Waals surface area (Å²) in [7, 11) is 3.48. The van der Waals surface area contributed by atoms with Crippen molar-refractivity contribution in [1.29, 1.82) is 0 Å². The second-order valence-corrected chi connectivity index (χ2v) is 7.97. The van der Waals surface area contributed by atoms with Gasteiger partial charge in [0.2, 0.25) is 11.8 Å². The fourth-order valence-electron chi connectivity index (χ4n) is 3.50. The van der Waals surface area contributed by atoms with Crippen LogP contribution in [-0.2, 0) is 16.0 Å². The molecular weight excluding hydrogens is 392 g/mol. The molecule has 2 N–H and O–H groups in total. The zero-order valence-corrected chi connectivity index (χ0v) is 18.2. The van der Waals surface area contributed by atoms with E-state index in [9.17, 15) is 14.4 Å². The molecule has 0 aromatic heterocycles. The monoisotopic (exact) mass is 422 g/mol. The zero-order chi connectivity index (χ0) is 22.2. The molecule has 0 atom stereocenters. The minimum absolute atomic E-state index is 0.0638. The maximum atomic E-state index is 12.4. The Morgan fingerprint density at radius 3 is 2.35 bits per heavy atom. The summed E-state index contributed by atoms with van der Waals surface area (Å²) in [6, 6.07) is 14.8. The maximum Gasteiger partial charge on any atom is 0.253 e. The standard InChI is InChI=1S/C24H30N4O3/c1-27(2)23(30)13-8-18-6-5-7-21(16-18)26-22(29)17-25-20-11-9-19(10-12-20)24(31)28-14-3-4-15-28/h5-7,9-12,16,25H,3-4,8,13-15,17H2,1-2H3,(H,26,29). The van der Waals surface area contributed by atoms with Crippen LogP contribution in [0, 0.1) is 0 Å². The largest absolute Gasteiger partial charge is 0.376 e. The first-order chi connectivity index (χ1) is 14.9. The molecule has 1 aliphatic heterocycles. The highest BCUT2D eigenvalue weighted by Crippen LogP contribution is 2.16. The molecule has 2 aromatic rings. The summed E-state index contributed by atoms with van der Waals surface area (Å²) >= 11 is 0. The number of carbonyl (C=O) groups excluding carboxylic acids is 3. The Bertz CT molecular complexity index is 919. The van der Waals surface area contributed by atoms with Crippen LogP contribution >= 0.6 is 0 Å². The molecule has 0 radical (unpaired) electrons. The lowest BCUT2D eigenvalue weighted by Gasteiger charge is -2.15. The third-order valence-electron chi connectivity index (χ3n) is 5.32. The number of carbonyl (C=O) groups is 3. The summed E-state index contributed by atoms with van der Waals surface area (Å²) < 4.78 is 0. The smallest absolute Gasteiger partial charge is 0.253 e. The third kappa shape index (κ3) is 6.57. The van der Waals surface area contributed by atoms with Gasteiger partial charge in [-0.15, -0.1) is 0 Å². The SMILES string of the molecule is CN(C)C(=O)CCc1cccc(NC(=O)CNc2ccc(C(=O)N3CCCC3)cc2)c1. The highest BCUT2D eigenvalue weighted by molar-refractivity contribution is 5.95. The van der Waals surface area contributed by atoms with Crippen molar-refractivity contribution in [3.8, 4) is 0 Å². The second-order valence-electron chi connectivity index (χ2n) is 7.97. The van der Waals surface area contributed by atoms with Crippen LogP contribution < -0.4 is 10.6 Å². The number of rotatable bonds is 8. The molecule has 2 aromatic carbocycles. The molecule has 31 heavy (non-hydrogen) atoms. The minimum Gasteiger partial charge on any atom is -0.376 e. The van der Waals surface area contributed by atoms with Crippen LogP contribution in [0.4, 0.5) is 11.4 Å². The Hall–Kier alpha value is -3.35. The molecule has 7 heteroatoms. The van der Waals surface area contributed by atoms with Gasteiger partial charge in [-0.05, 0) is 61.2 Å². The second kappa shape index (κ2) is 10.6. The van der Waals surface area contributed by atoms with Gasteiger partial charge in [0.1, 0.15) is 0 Å². The molecule has 1 heterocycles. The van der Waals surface area contributed by atoms with E-state index < -0.39 is 0 Å². The van der Waals surface area contributed by atoms with Gasteiger partial charge in [0, 0.05) is 50.5 Å². The van der Waals surface area contributed by atoms with Gasteiger partial charge in [-0.3, -0.25) is 14.4 Å². The van der Waals surface area contributed by atoms with Crippen LogP contribution in [-0.4, -0.2) is 61.3 Å². The molecule has 7 nitrogen and oxygen atoms in total. The normalized spacial score (nSPS) is 13.0. The number of hydrogen-bond acceptors (Lipinski definition) is 4. The van der Waals surface area contributed by atoms with E-state index in [-0.39, 0.29) is 24.3 Å². The summed E-state index contributed by atoms with van der Waals surface area (Å²) in [5, 5.41) is 5.95. The lowest BCUT2D eigenvalue weighted by Crippen LogP contribution is -2.27. The number of likely N-dealkylation sites (tertiary alicyclic amines) is 1. The lowest BCUT2D eigenvalue weighted by molar-refractivity contribution is -0.128. The minimum atomic E-state index is -0.168. The maximum absolute atomic E-state index is 12.4. The first-order valence-electron chi connectivity index (χ1n) is 10.6. The van der Waals surface area contributed by atoms with Crippen LogP contribution in [0.1, 0.15) is 35.2 Å². The Kier molecular flexibility index (Phi) is 7.65. The molecular formula is C24H30N4O3. The summed E-state index contributed by atoms with van der Waals surface area (Å²) in [6.07, 6.45) is 3.19. The van der Waals surface area contributed by atoms with E-state index in [0.717, 1.165) is 37.2 Å². The molecule has 0 spiro atoms. The zero-order valence-electron chi connectivity index (χ0n) is 18.2. The summed E-state index contributed by atoms with van der Waals surface area (Å²) in [4.78, 5) is 39.9. The average Bonchev–Trinajstić information content (AvgIpc) is 3.31. The highest BCUT2D eigenvalue weighted by atomic mass is 16.2. The molecule has 1 aliphatic rings. The lowest BCUT2D eigenvalue weighted by atomic mass is 10.1. The van der Waals surface area contributed by atoms with Gasteiger partial charge in [0.05, 0.1) is 6.54 Å². The van der Waals surface area contributed by atoms with E-state index in [1.165, 1.54) is 0 Å².